The van der Waals surface area contributed by atoms with E-state index >= 15 is 0 Å². The Labute approximate surface area is 154 Å². The fraction of sp³-hybridized carbons (Fsp3) is 0. The highest BCUT2D eigenvalue weighted by Crippen LogP contribution is 2.34. The standard InChI is InChI=1S/C16H9Br2ClN2O2/c17-13-6-9(7-14(18)15(13)22)5-10(8-20)16(23)21-12-3-1-11(19)2-4-12/h1-7,22H,(H,21,23)/b10-5+. The zero-order valence-corrected chi connectivity index (χ0v) is 15.4. The molecule has 0 atom stereocenters. The van der Waals surface area contributed by atoms with Crippen molar-refractivity contribution in [1.29, 1.82) is 5.26 Å². The van der Waals surface area contributed by atoms with E-state index in [4.69, 9.17) is 11.6 Å². The maximum Gasteiger partial charge on any atom is 0.266 e. The third kappa shape index (κ3) is 4.58. The molecule has 0 bridgehead atoms. The first-order valence-corrected chi connectivity index (χ1v) is 8.24. The van der Waals surface area contributed by atoms with Crippen molar-refractivity contribution in [3.05, 3.63) is 61.5 Å². The second-order valence-electron chi connectivity index (χ2n) is 4.46. The van der Waals surface area contributed by atoms with Gasteiger partial charge in [-0.2, -0.15) is 5.26 Å². The Kier molecular flexibility index (Phi) is 5.83. The van der Waals surface area contributed by atoms with Crippen LogP contribution in [0.15, 0.2) is 50.9 Å². The number of carbonyl (C=O) groups excluding carboxylic acids is 1. The molecule has 116 valence electrons. The van der Waals surface area contributed by atoms with E-state index in [1.165, 1.54) is 6.08 Å². The van der Waals surface area contributed by atoms with Crippen molar-refractivity contribution in [2.75, 3.05) is 5.32 Å². The maximum absolute atomic E-state index is 12.2. The van der Waals surface area contributed by atoms with Crippen molar-refractivity contribution >= 4 is 61.1 Å². The molecular formula is C16H9Br2ClN2O2. The molecule has 4 nitrogen and oxygen atoms in total. The van der Waals surface area contributed by atoms with Crippen LogP contribution in [0, 0.1) is 11.3 Å². The minimum absolute atomic E-state index is 0.0475. The van der Waals surface area contributed by atoms with Crippen LogP contribution in [0.4, 0.5) is 5.69 Å². The molecule has 2 N–H and O–H groups in total. The van der Waals surface area contributed by atoms with Crippen molar-refractivity contribution in [3.8, 4) is 11.8 Å². The second kappa shape index (κ2) is 7.64. The van der Waals surface area contributed by atoms with Gasteiger partial charge in [0, 0.05) is 10.7 Å². The molecule has 2 rings (SSSR count). The maximum atomic E-state index is 12.2. The number of phenolic OH excluding ortho intramolecular Hbond substituents is 1. The molecule has 7 heteroatoms. The summed E-state index contributed by atoms with van der Waals surface area (Å²) in [5.41, 5.74) is 1.06. The monoisotopic (exact) mass is 454 g/mol. The molecule has 0 radical (unpaired) electrons. The highest BCUT2D eigenvalue weighted by Gasteiger charge is 2.11. The first-order valence-electron chi connectivity index (χ1n) is 6.27. The Morgan fingerprint density at radius 2 is 1.78 bits per heavy atom. The number of rotatable bonds is 3. The van der Waals surface area contributed by atoms with E-state index in [0.717, 1.165) is 0 Å². The van der Waals surface area contributed by atoms with Gasteiger partial charge in [-0.3, -0.25) is 4.79 Å². The van der Waals surface area contributed by atoms with E-state index in [2.05, 4.69) is 37.2 Å². The van der Waals surface area contributed by atoms with Crippen LogP contribution in [0.5, 0.6) is 5.75 Å². The lowest BCUT2D eigenvalue weighted by atomic mass is 10.1. The first-order chi connectivity index (χ1) is 10.9. The number of halogens is 3. The number of amides is 1. The number of aromatic hydroxyl groups is 1. The molecule has 2 aromatic carbocycles. The summed E-state index contributed by atoms with van der Waals surface area (Å²) in [7, 11) is 0. The van der Waals surface area contributed by atoms with Gasteiger partial charge in [-0.15, -0.1) is 0 Å². The SMILES string of the molecule is N#C/C(=C\c1cc(Br)c(O)c(Br)c1)C(=O)Nc1ccc(Cl)cc1. The van der Waals surface area contributed by atoms with E-state index in [1.807, 2.05) is 6.07 Å². The molecule has 0 aromatic heterocycles. The topological polar surface area (TPSA) is 73.1 Å². The highest BCUT2D eigenvalue weighted by molar-refractivity contribution is 9.11. The van der Waals surface area contributed by atoms with Gasteiger partial charge < -0.3 is 10.4 Å². The second-order valence-corrected chi connectivity index (χ2v) is 6.61. The Hall–Kier alpha value is -1.81. The van der Waals surface area contributed by atoms with E-state index in [-0.39, 0.29) is 11.3 Å². The molecule has 0 aliphatic carbocycles. The molecule has 0 saturated heterocycles. The minimum atomic E-state index is -0.532. The van der Waals surface area contributed by atoms with Gasteiger partial charge in [0.05, 0.1) is 8.95 Å². The summed E-state index contributed by atoms with van der Waals surface area (Å²) in [6.07, 6.45) is 1.43. The van der Waals surface area contributed by atoms with Crippen LogP contribution in [0.25, 0.3) is 6.08 Å². The van der Waals surface area contributed by atoms with Gasteiger partial charge in [0.1, 0.15) is 17.4 Å². The summed E-state index contributed by atoms with van der Waals surface area (Å²) in [6, 6.07) is 11.6. The van der Waals surface area contributed by atoms with Crippen molar-refractivity contribution in [3.63, 3.8) is 0 Å². The van der Waals surface area contributed by atoms with E-state index in [1.54, 1.807) is 36.4 Å². The van der Waals surface area contributed by atoms with Crippen molar-refractivity contribution in [2.45, 2.75) is 0 Å². The van der Waals surface area contributed by atoms with Crippen LogP contribution < -0.4 is 5.32 Å². The lowest BCUT2D eigenvalue weighted by Gasteiger charge is -2.05. The predicted molar refractivity (Wildman–Crippen MR) is 97.2 cm³/mol. The molecule has 0 fully saturated rings. The summed E-state index contributed by atoms with van der Waals surface area (Å²) in [5, 5.41) is 22.1. The fourth-order valence-corrected chi connectivity index (χ4v) is 3.06. The van der Waals surface area contributed by atoms with Crippen molar-refractivity contribution in [1.82, 2.24) is 0 Å². The largest absolute Gasteiger partial charge is 0.506 e. The third-order valence-corrected chi connectivity index (χ3v) is 4.28. The zero-order chi connectivity index (χ0) is 17.0. The van der Waals surface area contributed by atoms with Gasteiger partial charge in [0.15, 0.2) is 0 Å². The van der Waals surface area contributed by atoms with Crippen LogP contribution in [0.1, 0.15) is 5.56 Å². The minimum Gasteiger partial charge on any atom is -0.506 e. The Bertz CT molecular complexity index is 804. The lowest BCUT2D eigenvalue weighted by molar-refractivity contribution is -0.112. The summed E-state index contributed by atoms with van der Waals surface area (Å²) in [5.74, 6) is -0.485. The lowest BCUT2D eigenvalue weighted by Crippen LogP contribution is -2.13. The number of anilines is 1. The van der Waals surface area contributed by atoms with Gasteiger partial charge in [-0.1, -0.05) is 11.6 Å². The molecule has 2 aromatic rings. The number of hydrogen-bond donors (Lipinski definition) is 2. The number of hydrogen-bond acceptors (Lipinski definition) is 3. The number of benzene rings is 2. The smallest absolute Gasteiger partial charge is 0.266 e. The average Bonchev–Trinajstić information content (AvgIpc) is 2.52. The van der Waals surface area contributed by atoms with E-state index in [9.17, 15) is 15.2 Å². The number of nitriles is 1. The van der Waals surface area contributed by atoms with E-state index < -0.39 is 5.91 Å². The van der Waals surface area contributed by atoms with E-state index in [0.29, 0.717) is 25.2 Å². The van der Waals surface area contributed by atoms with Crippen LogP contribution in [0.2, 0.25) is 5.02 Å². The van der Waals surface area contributed by atoms with Gasteiger partial charge in [0.2, 0.25) is 0 Å². The molecule has 0 aliphatic rings. The van der Waals surface area contributed by atoms with Crippen LogP contribution in [-0.4, -0.2) is 11.0 Å². The molecule has 0 unspecified atom stereocenters. The Balaban J connectivity index is 2.26. The summed E-state index contributed by atoms with van der Waals surface area (Å²) < 4.78 is 0.905. The summed E-state index contributed by atoms with van der Waals surface area (Å²) in [4.78, 5) is 12.2. The van der Waals surface area contributed by atoms with Gasteiger partial charge in [-0.25, -0.2) is 0 Å². The highest BCUT2D eigenvalue weighted by atomic mass is 79.9. The zero-order valence-electron chi connectivity index (χ0n) is 11.5. The summed E-state index contributed by atoms with van der Waals surface area (Å²) in [6.45, 7) is 0. The Morgan fingerprint density at radius 1 is 1.22 bits per heavy atom. The molecule has 1 amide bonds. The number of nitrogens with zero attached hydrogens (tertiary/aromatic N) is 1. The normalized spacial score (nSPS) is 11.0. The van der Waals surface area contributed by atoms with Gasteiger partial charge in [0.25, 0.3) is 5.91 Å². The quantitative estimate of drug-likeness (QED) is 0.498. The number of carbonyl (C=O) groups is 1. The number of phenols is 1. The molecule has 0 aliphatic heterocycles. The van der Waals surface area contributed by atoms with Gasteiger partial charge in [-0.05, 0) is 79.9 Å². The van der Waals surface area contributed by atoms with Crippen LogP contribution in [0.3, 0.4) is 0 Å². The molecule has 0 saturated carbocycles. The van der Waals surface area contributed by atoms with Gasteiger partial charge >= 0.3 is 0 Å². The third-order valence-electron chi connectivity index (χ3n) is 2.82. The predicted octanol–water partition coefficient (Wildman–Crippen LogP) is 5.12. The number of nitrogens with one attached hydrogen (secondary N) is 1. The molecule has 0 heterocycles. The molecular weight excluding hydrogens is 447 g/mol. The average molecular weight is 457 g/mol. The summed E-state index contributed by atoms with van der Waals surface area (Å²) >= 11 is 12.2. The molecule has 0 spiro atoms. The van der Waals surface area contributed by atoms with Crippen LogP contribution >= 0.6 is 43.5 Å². The van der Waals surface area contributed by atoms with Crippen molar-refractivity contribution < 1.29 is 9.90 Å². The van der Waals surface area contributed by atoms with Crippen molar-refractivity contribution in [2.24, 2.45) is 0 Å². The molecule has 23 heavy (non-hydrogen) atoms. The fourth-order valence-electron chi connectivity index (χ4n) is 1.72. The Morgan fingerprint density at radius 3 is 2.30 bits per heavy atom. The van der Waals surface area contributed by atoms with Crippen LogP contribution in [-0.2, 0) is 4.79 Å². The first kappa shape index (κ1) is 17.5.